The van der Waals surface area contributed by atoms with Crippen molar-refractivity contribution in [1.82, 2.24) is 4.57 Å². The van der Waals surface area contributed by atoms with Gasteiger partial charge < -0.3 is 18.6 Å². The van der Waals surface area contributed by atoms with Crippen molar-refractivity contribution in [2.24, 2.45) is 0 Å². The molecule has 0 fully saturated rings. The molecule has 1 atom stereocenters. The Morgan fingerprint density at radius 1 is 0.655 bits per heavy atom. The summed E-state index contributed by atoms with van der Waals surface area (Å²) in [5.74, 6) is -1.17. The minimum absolute atomic E-state index is 0.0606. The number of para-hydroxylation sites is 2. The lowest BCUT2D eigenvalue weighted by atomic mass is 9.87. The highest BCUT2D eigenvalue weighted by molar-refractivity contribution is 7.75. The van der Waals surface area contributed by atoms with Crippen LogP contribution < -0.4 is 24.6 Å². The van der Waals surface area contributed by atoms with Gasteiger partial charge in [0.1, 0.15) is 11.3 Å². The lowest BCUT2D eigenvalue weighted by molar-refractivity contribution is 0.240. The van der Waals surface area contributed by atoms with Crippen LogP contribution in [0.5, 0.6) is 17.2 Å². The monoisotopic (exact) mass is 807 g/mol. The van der Waals surface area contributed by atoms with Gasteiger partial charge in [0.2, 0.25) is 0 Å². The summed E-state index contributed by atoms with van der Waals surface area (Å²) in [6, 6.07) is 30.8. The van der Waals surface area contributed by atoms with Crippen molar-refractivity contribution in [2.45, 2.75) is 26.2 Å². The van der Waals surface area contributed by atoms with Crippen molar-refractivity contribution >= 4 is 51.9 Å². The summed E-state index contributed by atoms with van der Waals surface area (Å²) in [6.07, 6.45) is -1.97. The molecular weight excluding hydrogens is 775 g/mol. The molecule has 58 heavy (non-hydrogen) atoms. The molecule has 1 aromatic heterocycles. The Kier molecular flexibility index (Phi) is 9.81. The van der Waals surface area contributed by atoms with Gasteiger partial charge in [-0.2, -0.15) is 26.3 Å². The van der Waals surface area contributed by atoms with E-state index in [1.54, 1.807) is 91.0 Å². The average Bonchev–Trinajstić information content (AvgIpc) is 3.56. The number of rotatable bonds is 8. The van der Waals surface area contributed by atoms with Crippen LogP contribution in [0.3, 0.4) is 0 Å². The zero-order valence-corrected chi connectivity index (χ0v) is 32.0. The van der Waals surface area contributed by atoms with E-state index in [0.717, 1.165) is 17.2 Å². The largest absolute Gasteiger partial charge is 0.436 e. The van der Waals surface area contributed by atoms with Gasteiger partial charge in [0.05, 0.1) is 21.5 Å². The van der Waals surface area contributed by atoms with Crippen molar-refractivity contribution in [3.8, 4) is 34.1 Å². The van der Waals surface area contributed by atoms with Crippen molar-refractivity contribution in [3.05, 3.63) is 168 Å². The second-order valence-electron chi connectivity index (χ2n) is 14.5. The SMILES string of the molecule is CC(C)(C)c1ccc(/C=C/c2ccc3c(c2)c2c(OC(F)=C(F)F)c(P4(=O)Oc5ccccc5-c5ccccc54)cc(OC(F)=C(F)F)c2n3-c2ccccc2)cc1. The molecule has 1 aliphatic rings. The molecule has 0 N–H and O–H groups in total. The molecule has 0 spiro atoms. The van der Waals surface area contributed by atoms with Crippen LogP contribution in [-0.4, -0.2) is 4.57 Å². The molecule has 12 heteroatoms. The topological polar surface area (TPSA) is 49.7 Å². The first kappa shape index (κ1) is 38.4. The van der Waals surface area contributed by atoms with E-state index in [2.05, 4.69) is 20.8 Å². The summed E-state index contributed by atoms with van der Waals surface area (Å²) < 4.78 is 120. The molecule has 0 bridgehead atoms. The highest BCUT2D eigenvalue weighted by Gasteiger charge is 2.43. The maximum absolute atomic E-state index is 15.7. The molecule has 1 aliphatic heterocycles. The molecule has 1 unspecified atom stereocenters. The van der Waals surface area contributed by atoms with Gasteiger partial charge in [-0.3, -0.25) is 4.57 Å². The van der Waals surface area contributed by atoms with Gasteiger partial charge in [-0.15, -0.1) is 0 Å². The Morgan fingerprint density at radius 2 is 1.26 bits per heavy atom. The van der Waals surface area contributed by atoms with E-state index in [4.69, 9.17) is 14.0 Å². The Hall–Kier alpha value is -6.45. The predicted molar refractivity (Wildman–Crippen MR) is 216 cm³/mol. The van der Waals surface area contributed by atoms with E-state index >= 15 is 13.3 Å². The number of aromatic nitrogens is 1. The minimum Gasteiger partial charge on any atom is -0.436 e. The van der Waals surface area contributed by atoms with Crippen LogP contribution in [0.4, 0.5) is 26.3 Å². The Balaban J connectivity index is 1.48. The quantitative estimate of drug-likeness (QED) is 0.0664. The van der Waals surface area contributed by atoms with E-state index in [-0.39, 0.29) is 32.8 Å². The first-order valence-electron chi connectivity index (χ1n) is 18.0. The Labute approximate surface area is 329 Å². The summed E-state index contributed by atoms with van der Waals surface area (Å²) in [6.45, 7) is 6.32. The number of nitrogens with zero attached hydrogens (tertiary/aromatic N) is 1. The fraction of sp³-hybridized carbons (Fsp3) is 0.0870. The van der Waals surface area contributed by atoms with Gasteiger partial charge in [-0.1, -0.05) is 118 Å². The summed E-state index contributed by atoms with van der Waals surface area (Å²) in [4.78, 5) is 0. The fourth-order valence-electron chi connectivity index (χ4n) is 7.15. The molecule has 0 saturated heterocycles. The molecule has 7 aromatic rings. The van der Waals surface area contributed by atoms with Gasteiger partial charge in [-0.05, 0) is 64.1 Å². The van der Waals surface area contributed by atoms with Crippen LogP contribution in [0.2, 0.25) is 0 Å². The third kappa shape index (κ3) is 6.85. The van der Waals surface area contributed by atoms with Crippen LogP contribution >= 0.6 is 7.37 Å². The maximum Gasteiger partial charge on any atom is 0.344 e. The molecule has 0 aliphatic carbocycles. The third-order valence-corrected chi connectivity index (χ3v) is 12.3. The Bertz CT molecular complexity index is 2890. The van der Waals surface area contributed by atoms with Gasteiger partial charge >= 0.3 is 31.6 Å². The van der Waals surface area contributed by atoms with Gasteiger partial charge in [0, 0.05) is 22.7 Å². The van der Waals surface area contributed by atoms with E-state index < -0.39 is 48.4 Å². The number of ether oxygens (including phenoxy) is 2. The lowest BCUT2D eigenvalue weighted by Gasteiger charge is -2.30. The van der Waals surface area contributed by atoms with Crippen molar-refractivity contribution in [1.29, 1.82) is 0 Å². The Morgan fingerprint density at radius 3 is 1.95 bits per heavy atom. The van der Waals surface area contributed by atoms with Crippen molar-refractivity contribution in [3.63, 3.8) is 0 Å². The maximum atomic E-state index is 15.7. The molecule has 5 nitrogen and oxygen atoms in total. The van der Waals surface area contributed by atoms with E-state index in [0.29, 0.717) is 27.9 Å². The van der Waals surface area contributed by atoms with E-state index in [9.17, 15) is 17.6 Å². The molecule has 6 aromatic carbocycles. The fourth-order valence-corrected chi connectivity index (χ4v) is 9.55. The van der Waals surface area contributed by atoms with Gasteiger partial charge in [-0.25, -0.2) is 0 Å². The predicted octanol–water partition coefficient (Wildman–Crippen LogP) is 13.4. The standard InChI is InChI=1S/C46H32F6NO4P/c1-46(2,3)29-22-19-27(20-23-29)17-18-28-21-24-34-33(25-28)39-40(53(34)30-11-5-4-6-12-30)36(55-44(51)42(47)48)26-38(41(39)56-45(52)43(49)50)58(54)37-16-10-8-14-32(37)31-13-7-9-15-35(31)57-58/h4-26H,1-3H3/b18-17+. The summed E-state index contributed by atoms with van der Waals surface area (Å²) in [5.41, 5.74) is 4.07. The molecule has 8 rings (SSSR count). The molecule has 0 saturated carbocycles. The summed E-state index contributed by atoms with van der Waals surface area (Å²) >= 11 is 0. The number of hydrogen-bond donors (Lipinski definition) is 0. The molecule has 0 amide bonds. The summed E-state index contributed by atoms with van der Waals surface area (Å²) in [5, 5.41) is -0.475. The van der Waals surface area contributed by atoms with Crippen LogP contribution in [-0.2, 0) is 9.98 Å². The number of benzene rings is 6. The van der Waals surface area contributed by atoms with E-state index in [1.165, 1.54) is 16.7 Å². The molecular formula is C46H32F6NO4P. The second kappa shape index (κ2) is 14.8. The average molecular weight is 808 g/mol. The zero-order valence-electron chi connectivity index (χ0n) is 31.1. The van der Waals surface area contributed by atoms with Gasteiger partial charge in [0.25, 0.3) is 0 Å². The first-order valence-corrected chi connectivity index (χ1v) is 19.6. The highest BCUT2D eigenvalue weighted by Crippen LogP contribution is 2.58. The van der Waals surface area contributed by atoms with Crippen LogP contribution in [0.25, 0.3) is 50.8 Å². The molecule has 292 valence electrons. The van der Waals surface area contributed by atoms with E-state index in [1.807, 2.05) is 30.3 Å². The first-order chi connectivity index (χ1) is 27.7. The molecule has 0 radical (unpaired) electrons. The third-order valence-electron chi connectivity index (χ3n) is 9.84. The van der Waals surface area contributed by atoms with Crippen molar-refractivity contribution in [2.75, 3.05) is 0 Å². The number of halogens is 6. The second-order valence-corrected chi connectivity index (χ2v) is 16.8. The lowest BCUT2D eigenvalue weighted by Crippen LogP contribution is -2.26. The molecule has 2 heterocycles. The van der Waals surface area contributed by atoms with Crippen LogP contribution in [0.1, 0.15) is 37.5 Å². The highest BCUT2D eigenvalue weighted by atomic mass is 31.2. The smallest absolute Gasteiger partial charge is 0.344 e. The van der Waals surface area contributed by atoms with Crippen LogP contribution in [0, 0.1) is 0 Å². The van der Waals surface area contributed by atoms with Crippen LogP contribution in [0.15, 0.2) is 152 Å². The van der Waals surface area contributed by atoms with Gasteiger partial charge in [0.15, 0.2) is 11.5 Å². The number of fused-ring (bicyclic) bond motifs is 6. The van der Waals surface area contributed by atoms with Crippen molar-refractivity contribution < 1.29 is 44.9 Å². The number of hydrogen-bond acceptors (Lipinski definition) is 4. The normalized spacial score (nSPS) is 14.8. The minimum atomic E-state index is -4.62. The summed E-state index contributed by atoms with van der Waals surface area (Å²) in [7, 11) is -4.62. The zero-order chi connectivity index (χ0) is 40.9.